The zero-order valence-corrected chi connectivity index (χ0v) is 13.6. The van der Waals surface area contributed by atoms with Gasteiger partial charge in [0.1, 0.15) is 0 Å². The minimum Gasteiger partial charge on any atom is -0.342 e. The molecule has 2 N–H and O–H groups in total. The van der Waals surface area contributed by atoms with E-state index in [1.54, 1.807) is 0 Å². The van der Waals surface area contributed by atoms with Gasteiger partial charge in [0.05, 0.1) is 0 Å². The summed E-state index contributed by atoms with van der Waals surface area (Å²) in [6.45, 7) is 2.82. The van der Waals surface area contributed by atoms with Crippen LogP contribution in [0, 0.1) is 5.41 Å². The van der Waals surface area contributed by atoms with Crippen molar-refractivity contribution in [2.75, 3.05) is 25.6 Å². The molecule has 0 bridgehead atoms. The molecule has 1 fully saturated rings. The molecule has 0 heterocycles. The monoisotopic (exact) mass is 286 g/mol. The smallest absolute Gasteiger partial charge is 0.223 e. The molecular weight excluding hydrogens is 256 g/mol. The molecule has 112 valence electrons. The van der Waals surface area contributed by atoms with Gasteiger partial charge in [0.2, 0.25) is 5.91 Å². The van der Waals surface area contributed by atoms with Crippen LogP contribution in [0.1, 0.15) is 51.9 Å². The second-order valence-corrected chi connectivity index (χ2v) is 6.87. The van der Waals surface area contributed by atoms with Gasteiger partial charge in [-0.05, 0) is 37.5 Å². The minimum atomic E-state index is 0.0846. The Balaban J connectivity index is 2.60. The quantitative estimate of drug-likeness (QED) is 0.783. The van der Waals surface area contributed by atoms with Gasteiger partial charge in [-0.15, -0.1) is 0 Å². The molecule has 4 heteroatoms. The van der Waals surface area contributed by atoms with E-state index in [1.165, 1.54) is 19.3 Å². The van der Waals surface area contributed by atoms with Crippen LogP contribution in [0.4, 0.5) is 0 Å². The highest BCUT2D eigenvalue weighted by Crippen LogP contribution is 2.38. The first kappa shape index (κ1) is 16.8. The van der Waals surface area contributed by atoms with Gasteiger partial charge < -0.3 is 10.6 Å². The first-order valence-corrected chi connectivity index (χ1v) is 8.92. The molecule has 0 radical (unpaired) electrons. The van der Waals surface area contributed by atoms with Gasteiger partial charge in [-0.2, -0.15) is 11.8 Å². The Labute approximate surface area is 122 Å². The van der Waals surface area contributed by atoms with Crippen molar-refractivity contribution in [2.45, 2.75) is 57.9 Å². The highest BCUT2D eigenvalue weighted by molar-refractivity contribution is 7.98. The lowest BCUT2D eigenvalue weighted by Crippen LogP contribution is -2.43. The molecule has 1 saturated carbocycles. The molecule has 1 unspecified atom stereocenters. The summed E-state index contributed by atoms with van der Waals surface area (Å²) >= 11 is 1.81. The fourth-order valence-corrected chi connectivity index (χ4v) is 3.94. The standard InChI is InChI=1S/C15H30N2OS/c1-4-13(11-19-3)17(2)14(18)10-15(12-16)8-6-5-7-9-15/h13H,4-12,16H2,1-3H3. The van der Waals surface area contributed by atoms with Crippen molar-refractivity contribution in [3.05, 3.63) is 0 Å². The molecule has 3 nitrogen and oxygen atoms in total. The van der Waals surface area contributed by atoms with Crippen molar-refractivity contribution >= 4 is 17.7 Å². The number of hydrogen-bond acceptors (Lipinski definition) is 3. The van der Waals surface area contributed by atoms with Crippen molar-refractivity contribution in [1.82, 2.24) is 4.90 Å². The molecule has 1 aliphatic carbocycles. The van der Waals surface area contributed by atoms with E-state index in [2.05, 4.69) is 13.2 Å². The van der Waals surface area contributed by atoms with E-state index in [0.29, 0.717) is 19.0 Å². The molecule has 0 aromatic heterocycles. The summed E-state index contributed by atoms with van der Waals surface area (Å²) in [5.41, 5.74) is 6.06. The molecular formula is C15H30N2OS. The molecule has 19 heavy (non-hydrogen) atoms. The lowest BCUT2D eigenvalue weighted by Gasteiger charge is -2.38. The molecule has 0 aromatic carbocycles. The third-order valence-corrected chi connectivity index (χ3v) is 5.36. The Morgan fingerprint density at radius 2 is 2.00 bits per heavy atom. The van der Waals surface area contributed by atoms with Crippen LogP contribution >= 0.6 is 11.8 Å². The predicted octanol–water partition coefficient (Wildman–Crippen LogP) is 2.89. The Bertz CT molecular complexity index is 277. The largest absolute Gasteiger partial charge is 0.342 e. The Kier molecular flexibility index (Phi) is 7.22. The summed E-state index contributed by atoms with van der Waals surface area (Å²) in [6, 6.07) is 0.362. The molecule has 1 atom stereocenters. The second kappa shape index (κ2) is 8.15. The van der Waals surface area contributed by atoms with E-state index in [-0.39, 0.29) is 11.3 Å². The van der Waals surface area contributed by atoms with Crippen molar-refractivity contribution in [1.29, 1.82) is 0 Å². The Morgan fingerprint density at radius 1 is 1.37 bits per heavy atom. The second-order valence-electron chi connectivity index (χ2n) is 5.96. The van der Waals surface area contributed by atoms with Crippen LogP contribution in [0.3, 0.4) is 0 Å². The van der Waals surface area contributed by atoms with E-state index in [1.807, 2.05) is 23.7 Å². The molecule has 0 aromatic rings. The molecule has 1 rings (SSSR count). The molecule has 0 saturated heterocycles. The van der Waals surface area contributed by atoms with E-state index in [0.717, 1.165) is 25.0 Å². The third-order valence-electron chi connectivity index (χ3n) is 4.64. The average molecular weight is 286 g/mol. The zero-order chi connectivity index (χ0) is 14.3. The number of thioether (sulfide) groups is 1. The maximum atomic E-state index is 12.5. The van der Waals surface area contributed by atoms with Crippen LogP contribution in [0.2, 0.25) is 0 Å². The summed E-state index contributed by atoms with van der Waals surface area (Å²) < 4.78 is 0. The van der Waals surface area contributed by atoms with Gasteiger partial charge in [-0.1, -0.05) is 26.2 Å². The van der Waals surface area contributed by atoms with E-state index in [4.69, 9.17) is 5.73 Å². The zero-order valence-electron chi connectivity index (χ0n) is 12.8. The average Bonchev–Trinajstić information content (AvgIpc) is 2.45. The Hall–Kier alpha value is -0.220. The van der Waals surface area contributed by atoms with Gasteiger partial charge in [-0.25, -0.2) is 0 Å². The third kappa shape index (κ3) is 4.67. The van der Waals surface area contributed by atoms with Crippen LogP contribution in [0.15, 0.2) is 0 Å². The summed E-state index contributed by atoms with van der Waals surface area (Å²) in [5.74, 6) is 1.31. The normalized spacial score (nSPS) is 20.0. The number of carbonyl (C=O) groups excluding carboxylic acids is 1. The summed E-state index contributed by atoms with van der Waals surface area (Å²) in [5, 5.41) is 0. The number of nitrogens with two attached hydrogens (primary N) is 1. The number of carbonyl (C=O) groups is 1. The predicted molar refractivity (Wildman–Crippen MR) is 84.4 cm³/mol. The molecule has 0 spiro atoms. The maximum absolute atomic E-state index is 12.5. The van der Waals surface area contributed by atoms with Crippen LogP contribution in [0.25, 0.3) is 0 Å². The van der Waals surface area contributed by atoms with Gasteiger partial charge in [-0.3, -0.25) is 4.79 Å². The summed E-state index contributed by atoms with van der Waals surface area (Å²) in [6.07, 6.45) is 9.79. The van der Waals surface area contributed by atoms with Gasteiger partial charge in [0.25, 0.3) is 0 Å². The number of nitrogens with zero attached hydrogens (tertiary/aromatic N) is 1. The maximum Gasteiger partial charge on any atom is 0.223 e. The van der Waals surface area contributed by atoms with Crippen LogP contribution in [-0.4, -0.2) is 42.4 Å². The van der Waals surface area contributed by atoms with E-state index < -0.39 is 0 Å². The fourth-order valence-electron chi connectivity index (χ4n) is 3.10. The number of rotatable bonds is 7. The van der Waals surface area contributed by atoms with E-state index >= 15 is 0 Å². The molecule has 1 amide bonds. The first-order chi connectivity index (χ1) is 9.08. The Morgan fingerprint density at radius 3 is 2.47 bits per heavy atom. The van der Waals surface area contributed by atoms with Gasteiger partial charge >= 0.3 is 0 Å². The highest BCUT2D eigenvalue weighted by Gasteiger charge is 2.34. The highest BCUT2D eigenvalue weighted by atomic mass is 32.2. The first-order valence-electron chi connectivity index (χ1n) is 7.53. The minimum absolute atomic E-state index is 0.0846. The SMILES string of the molecule is CCC(CSC)N(C)C(=O)CC1(CN)CCCCC1. The number of amides is 1. The summed E-state index contributed by atoms with van der Waals surface area (Å²) in [7, 11) is 1.96. The van der Waals surface area contributed by atoms with Crippen molar-refractivity contribution < 1.29 is 4.79 Å². The molecule has 1 aliphatic rings. The van der Waals surface area contributed by atoms with E-state index in [9.17, 15) is 4.79 Å². The lowest BCUT2D eigenvalue weighted by molar-refractivity contribution is -0.134. The van der Waals surface area contributed by atoms with Crippen molar-refractivity contribution in [3.8, 4) is 0 Å². The molecule has 0 aliphatic heterocycles. The van der Waals surface area contributed by atoms with Gasteiger partial charge in [0, 0.05) is 25.3 Å². The fraction of sp³-hybridized carbons (Fsp3) is 0.933. The van der Waals surface area contributed by atoms with Gasteiger partial charge in [0.15, 0.2) is 0 Å². The van der Waals surface area contributed by atoms with Crippen LogP contribution in [-0.2, 0) is 4.79 Å². The summed E-state index contributed by atoms with van der Waals surface area (Å²) in [4.78, 5) is 14.5. The van der Waals surface area contributed by atoms with Crippen LogP contribution < -0.4 is 5.73 Å². The van der Waals surface area contributed by atoms with Crippen molar-refractivity contribution in [3.63, 3.8) is 0 Å². The van der Waals surface area contributed by atoms with Crippen LogP contribution in [0.5, 0.6) is 0 Å². The lowest BCUT2D eigenvalue weighted by atomic mass is 9.71. The number of hydrogen-bond donors (Lipinski definition) is 1. The van der Waals surface area contributed by atoms with Crippen molar-refractivity contribution in [2.24, 2.45) is 11.1 Å². The topological polar surface area (TPSA) is 46.3 Å².